The minimum absolute atomic E-state index is 0.0325. The lowest BCUT2D eigenvalue weighted by Crippen LogP contribution is -2.40. The van der Waals surface area contributed by atoms with E-state index in [0.29, 0.717) is 29.7 Å². The van der Waals surface area contributed by atoms with Crippen molar-refractivity contribution in [2.45, 2.75) is 39.8 Å². The zero-order valence-electron chi connectivity index (χ0n) is 19.0. The number of fused-ring (bicyclic) bond motifs is 1. The molecule has 33 heavy (non-hydrogen) atoms. The molecule has 1 unspecified atom stereocenters. The molecule has 3 aromatic rings. The second-order valence-electron chi connectivity index (χ2n) is 8.50. The molecular formula is C25H27NO6S. The predicted molar refractivity (Wildman–Crippen MR) is 127 cm³/mol. The topological polar surface area (TPSA) is 93.9 Å². The summed E-state index contributed by atoms with van der Waals surface area (Å²) in [5, 5.41) is 0.443. The van der Waals surface area contributed by atoms with Crippen molar-refractivity contribution in [2.75, 3.05) is 18.1 Å². The minimum atomic E-state index is -3.22. The van der Waals surface area contributed by atoms with Crippen molar-refractivity contribution in [3.8, 4) is 5.75 Å². The van der Waals surface area contributed by atoms with Crippen LogP contribution in [0.3, 0.4) is 0 Å². The molecule has 1 fully saturated rings. The van der Waals surface area contributed by atoms with Gasteiger partial charge in [0.1, 0.15) is 11.3 Å². The number of ether oxygens (including phenoxy) is 1. The van der Waals surface area contributed by atoms with E-state index in [4.69, 9.17) is 9.15 Å². The maximum Gasteiger partial charge on any atom is 0.290 e. The Morgan fingerprint density at radius 2 is 1.88 bits per heavy atom. The van der Waals surface area contributed by atoms with Gasteiger partial charge in [0, 0.05) is 18.7 Å². The molecule has 0 N–H and O–H groups in total. The SMILES string of the molecule is CCOc1ccc(CN(C(=O)c2cc(=O)c3c(C)cc(C)cc3o2)C2CCS(=O)(=O)C2)cc1. The second-order valence-corrected chi connectivity index (χ2v) is 10.7. The first-order valence-electron chi connectivity index (χ1n) is 10.9. The molecule has 8 heteroatoms. The van der Waals surface area contributed by atoms with Crippen LogP contribution in [0.4, 0.5) is 0 Å². The fourth-order valence-corrected chi connectivity index (χ4v) is 6.08. The largest absolute Gasteiger partial charge is 0.494 e. The highest BCUT2D eigenvalue weighted by Crippen LogP contribution is 2.25. The van der Waals surface area contributed by atoms with Crippen LogP contribution in [0.5, 0.6) is 5.75 Å². The number of carbonyl (C=O) groups is 1. The van der Waals surface area contributed by atoms with Gasteiger partial charge in [-0.3, -0.25) is 9.59 Å². The van der Waals surface area contributed by atoms with Gasteiger partial charge in [0.15, 0.2) is 21.0 Å². The lowest BCUT2D eigenvalue weighted by molar-refractivity contribution is 0.0648. The zero-order chi connectivity index (χ0) is 23.8. The fourth-order valence-electron chi connectivity index (χ4n) is 4.35. The molecule has 0 saturated carbocycles. The highest BCUT2D eigenvalue weighted by atomic mass is 32.2. The summed E-state index contributed by atoms with van der Waals surface area (Å²) >= 11 is 0. The number of sulfone groups is 1. The summed E-state index contributed by atoms with van der Waals surface area (Å²) in [7, 11) is -3.22. The summed E-state index contributed by atoms with van der Waals surface area (Å²) < 4.78 is 35.7. The molecule has 2 aromatic carbocycles. The van der Waals surface area contributed by atoms with Crippen LogP contribution in [-0.2, 0) is 16.4 Å². The monoisotopic (exact) mass is 469 g/mol. The standard InChI is InChI=1S/C25H27NO6S/c1-4-31-20-7-5-18(6-8-20)14-26(19-9-10-33(29,30)15-19)25(28)23-13-21(27)24-17(3)11-16(2)12-22(24)32-23/h5-8,11-13,19H,4,9-10,14-15H2,1-3H3. The van der Waals surface area contributed by atoms with Gasteiger partial charge < -0.3 is 14.1 Å². The molecule has 0 aliphatic carbocycles. The number of hydrogen-bond acceptors (Lipinski definition) is 6. The second kappa shape index (κ2) is 9.02. The summed E-state index contributed by atoms with van der Waals surface area (Å²) in [6.45, 7) is 6.36. The van der Waals surface area contributed by atoms with Gasteiger partial charge in [-0.2, -0.15) is 0 Å². The Bertz CT molecular complexity index is 1360. The normalized spacial score (nSPS) is 17.2. The summed E-state index contributed by atoms with van der Waals surface area (Å²) in [5.74, 6) is 0.0575. The number of amides is 1. The molecule has 174 valence electrons. The molecule has 1 aliphatic heterocycles. The van der Waals surface area contributed by atoms with Gasteiger partial charge in [-0.1, -0.05) is 18.2 Å². The Labute approximate surface area is 192 Å². The lowest BCUT2D eigenvalue weighted by Gasteiger charge is -2.28. The third kappa shape index (κ3) is 4.95. The quantitative estimate of drug-likeness (QED) is 0.547. The van der Waals surface area contributed by atoms with Crippen LogP contribution < -0.4 is 10.2 Å². The summed E-state index contributed by atoms with van der Waals surface area (Å²) in [6.07, 6.45) is 0.348. The van der Waals surface area contributed by atoms with Gasteiger partial charge in [0.25, 0.3) is 5.91 Å². The average molecular weight is 470 g/mol. The van der Waals surface area contributed by atoms with E-state index in [1.165, 1.54) is 11.0 Å². The number of hydrogen-bond donors (Lipinski definition) is 0. The van der Waals surface area contributed by atoms with Crippen LogP contribution >= 0.6 is 0 Å². The van der Waals surface area contributed by atoms with Crippen molar-refractivity contribution in [1.29, 1.82) is 0 Å². The minimum Gasteiger partial charge on any atom is -0.494 e. The van der Waals surface area contributed by atoms with Crippen LogP contribution in [0.1, 0.15) is 40.6 Å². The van der Waals surface area contributed by atoms with Crippen LogP contribution in [0.2, 0.25) is 0 Å². The van der Waals surface area contributed by atoms with Gasteiger partial charge >= 0.3 is 0 Å². The van der Waals surface area contributed by atoms with Gasteiger partial charge in [0.05, 0.1) is 23.5 Å². The maximum absolute atomic E-state index is 13.6. The van der Waals surface area contributed by atoms with Crippen molar-refractivity contribution >= 4 is 26.7 Å². The van der Waals surface area contributed by atoms with Crippen LogP contribution in [0, 0.1) is 13.8 Å². The Hall–Kier alpha value is -3.13. The summed E-state index contributed by atoms with van der Waals surface area (Å²) in [6, 6.07) is 11.7. The Kier molecular flexibility index (Phi) is 6.30. The summed E-state index contributed by atoms with van der Waals surface area (Å²) in [5.41, 5.74) is 2.58. The Balaban J connectivity index is 1.72. The van der Waals surface area contributed by atoms with E-state index < -0.39 is 21.8 Å². The van der Waals surface area contributed by atoms with Crippen molar-refractivity contribution < 1.29 is 22.4 Å². The van der Waals surface area contributed by atoms with Gasteiger partial charge in [0.2, 0.25) is 0 Å². The van der Waals surface area contributed by atoms with E-state index in [2.05, 4.69) is 0 Å². The predicted octanol–water partition coefficient (Wildman–Crippen LogP) is 3.64. The molecule has 0 spiro atoms. The molecule has 0 radical (unpaired) electrons. The highest BCUT2D eigenvalue weighted by Gasteiger charge is 2.36. The maximum atomic E-state index is 13.6. The molecule has 1 aromatic heterocycles. The first-order valence-corrected chi connectivity index (χ1v) is 12.8. The van der Waals surface area contributed by atoms with E-state index >= 15 is 0 Å². The average Bonchev–Trinajstić information content (AvgIpc) is 3.11. The lowest BCUT2D eigenvalue weighted by atomic mass is 10.1. The van der Waals surface area contributed by atoms with E-state index in [1.807, 2.05) is 51.1 Å². The molecule has 1 aliphatic rings. The highest BCUT2D eigenvalue weighted by molar-refractivity contribution is 7.91. The Morgan fingerprint density at radius 3 is 2.52 bits per heavy atom. The number of nitrogens with zero attached hydrogens (tertiary/aromatic N) is 1. The van der Waals surface area contributed by atoms with Crippen LogP contribution in [0.15, 0.2) is 51.7 Å². The van der Waals surface area contributed by atoms with E-state index in [0.717, 1.165) is 16.7 Å². The first kappa shape index (κ1) is 23.0. The van der Waals surface area contributed by atoms with Crippen molar-refractivity contribution in [3.05, 3.63) is 75.1 Å². The zero-order valence-corrected chi connectivity index (χ0v) is 19.8. The number of benzene rings is 2. The smallest absolute Gasteiger partial charge is 0.290 e. The number of carbonyl (C=O) groups excluding carboxylic acids is 1. The first-order chi connectivity index (χ1) is 15.7. The van der Waals surface area contributed by atoms with Crippen molar-refractivity contribution in [3.63, 3.8) is 0 Å². The number of aryl methyl sites for hydroxylation is 2. The molecular weight excluding hydrogens is 442 g/mol. The molecule has 1 atom stereocenters. The fraction of sp³-hybridized carbons (Fsp3) is 0.360. The van der Waals surface area contributed by atoms with Crippen LogP contribution in [0.25, 0.3) is 11.0 Å². The molecule has 4 rings (SSSR count). The molecule has 1 saturated heterocycles. The van der Waals surface area contributed by atoms with E-state index in [9.17, 15) is 18.0 Å². The molecule has 0 bridgehead atoms. The van der Waals surface area contributed by atoms with Crippen molar-refractivity contribution in [1.82, 2.24) is 4.90 Å². The van der Waals surface area contributed by atoms with Crippen LogP contribution in [-0.4, -0.2) is 43.4 Å². The third-order valence-electron chi connectivity index (χ3n) is 5.88. The van der Waals surface area contributed by atoms with E-state index in [-0.39, 0.29) is 29.2 Å². The van der Waals surface area contributed by atoms with Gasteiger partial charge in [-0.25, -0.2) is 8.42 Å². The van der Waals surface area contributed by atoms with Crippen molar-refractivity contribution in [2.24, 2.45) is 0 Å². The summed E-state index contributed by atoms with van der Waals surface area (Å²) in [4.78, 5) is 27.9. The molecule has 2 heterocycles. The van der Waals surface area contributed by atoms with E-state index in [1.54, 1.807) is 6.07 Å². The third-order valence-corrected chi connectivity index (χ3v) is 7.63. The molecule has 1 amide bonds. The van der Waals surface area contributed by atoms with Gasteiger partial charge in [-0.15, -0.1) is 0 Å². The molecule has 7 nitrogen and oxygen atoms in total. The van der Waals surface area contributed by atoms with Gasteiger partial charge in [-0.05, 0) is 62.1 Å². The number of rotatable bonds is 6. The Morgan fingerprint density at radius 1 is 1.15 bits per heavy atom.